The van der Waals surface area contributed by atoms with Gasteiger partial charge in [-0.25, -0.2) is 0 Å². The maximum atomic E-state index is 11.4. The molecule has 3 atom stereocenters. The molecule has 0 bridgehead atoms. The molecule has 0 spiro atoms. The number of nitrogens with two attached hydrogens (primary N) is 1. The quantitative estimate of drug-likeness (QED) is 0.606. The van der Waals surface area contributed by atoms with E-state index in [1.54, 1.807) is 0 Å². The SMILES string of the molecule is CC[C@@H](N)C(=O)N[C@H]1CCCC[C@@H]1O. The zero-order chi connectivity index (χ0) is 10.6. The van der Waals surface area contributed by atoms with Crippen LogP contribution in [0.25, 0.3) is 0 Å². The predicted molar refractivity (Wildman–Crippen MR) is 54.7 cm³/mol. The van der Waals surface area contributed by atoms with E-state index < -0.39 is 12.1 Å². The standard InChI is InChI=1S/C10H20N2O2/c1-2-7(11)10(14)12-8-5-3-4-6-9(8)13/h7-9,13H,2-6,11H2,1H3,(H,12,14)/t7-,8+,9+/m1/s1. The molecule has 0 radical (unpaired) electrons. The van der Waals surface area contributed by atoms with Gasteiger partial charge in [-0.1, -0.05) is 19.8 Å². The molecule has 14 heavy (non-hydrogen) atoms. The largest absolute Gasteiger partial charge is 0.391 e. The smallest absolute Gasteiger partial charge is 0.237 e. The third kappa shape index (κ3) is 2.96. The van der Waals surface area contributed by atoms with Crippen molar-refractivity contribution in [3.05, 3.63) is 0 Å². The van der Waals surface area contributed by atoms with Gasteiger partial charge in [0.2, 0.25) is 5.91 Å². The summed E-state index contributed by atoms with van der Waals surface area (Å²) in [6, 6.07) is -0.530. The number of carbonyl (C=O) groups excluding carboxylic acids is 1. The summed E-state index contributed by atoms with van der Waals surface area (Å²) >= 11 is 0. The Kier molecular flexibility index (Phi) is 4.35. The number of carbonyl (C=O) groups is 1. The van der Waals surface area contributed by atoms with Crippen LogP contribution in [-0.4, -0.2) is 29.2 Å². The highest BCUT2D eigenvalue weighted by atomic mass is 16.3. The lowest BCUT2D eigenvalue weighted by molar-refractivity contribution is -0.124. The Labute approximate surface area is 84.9 Å². The number of aliphatic hydroxyl groups is 1. The molecule has 0 aromatic rings. The molecule has 1 aliphatic rings. The van der Waals surface area contributed by atoms with Crippen molar-refractivity contribution in [1.29, 1.82) is 0 Å². The van der Waals surface area contributed by atoms with Crippen molar-refractivity contribution in [1.82, 2.24) is 5.32 Å². The average molecular weight is 200 g/mol. The molecule has 1 rings (SSSR count). The van der Waals surface area contributed by atoms with Crippen LogP contribution in [0.5, 0.6) is 0 Å². The van der Waals surface area contributed by atoms with Gasteiger partial charge in [0.15, 0.2) is 0 Å². The maximum Gasteiger partial charge on any atom is 0.237 e. The second-order valence-corrected chi connectivity index (χ2v) is 3.98. The van der Waals surface area contributed by atoms with Gasteiger partial charge in [0.25, 0.3) is 0 Å². The van der Waals surface area contributed by atoms with Gasteiger partial charge in [-0.05, 0) is 19.3 Å². The van der Waals surface area contributed by atoms with E-state index in [2.05, 4.69) is 5.32 Å². The predicted octanol–water partition coefficient (Wildman–Crippen LogP) is 0.143. The van der Waals surface area contributed by atoms with Gasteiger partial charge in [-0.15, -0.1) is 0 Å². The van der Waals surface area contributed by atoms with E-state index in [1.165, 1.54) is 0 Å². The summed E-state index contributed by atoms with van der Waals surface area (Å²) in [5.74, 6) is -0.140. The zero-order valence-electron chi connectivity index (χ0n) is 8.70. The van der Waals surface area contributed by atoms with Crippen molar-refractivity contribution in [3.63, 3.8) is 0 Å². The van der Waals surface area contributed by atoms with Crippen molar-refractivity contribution in [2.24, 2.45) is 5.73 Å². The summed E-state index contributed by atoms with van der Waals surface area (Å²) < 4.78 is 0. The van der Waals surface area contributed by atoms with E-state index in [-0.39, 0.29) is 11.9 Å². The van der Waals surface area contributed by atoms with E-state index in [0.29, 0.717) is 6.42 Å². The topological polar surface area (TPSA) is 75.4 Å². The molecule has 1 fully saturated rings. The Morgan fingerprint density at radius 3 is 2.79 bits per heavy atom. The second-order valence-electron chi connectivity index (χ2n) is 3.98. The van der Waals surface area contributed by atoms with Gasteiger partial charge in [-0.3, -0.25) is 4.79 Å². The molecule has 0 aromatic heterocycles. The lowest BCUT2D eigenvalue weighted by Crippen LogP contribution is -2.50. The van der Waals surface area contributed by atoms with E-state index in [1.807, 2.05) is 6.92 Å². The highest BCUT2D eigenvalue weighted by molar-refractivity contribution is 5.81. The summed E-state index contributed by atoms with van der Waals surface area (Å²) in [6.45, 7) is 1.88. The third-order valence-electron chi connectivity index (χ3n) is 2.83. The maximum absolute atomic E-state index is 11.4. The van der Waals surface area contributed by atoms with Crippen molar-refractivity contribution < 1.29 is 9.90 Å². The van der Waals surface area contributed by atoms with E-state index in [4.69, 9.17) is 5.73 Å². The minimum Gasteiger partial charge on any atom is -0.391 e. The van der Waals surface area contributed by atoms with Gasteiger partial charge in [0.05, 0.1) is 18.2 Å². The van der Waals surface area contributed by atoms with Crippen molar-refractivity contribution in [3.8, 4) is 0 Å². The van der Waals surface area contributed by atoms with Crippen LogP contribution in [0.2, 0.25) is 0 Å². The molecule has 82 valence electrons. The van der Waals surface area contributed by atoms with Crippen molar-refractivity contribution in [2.75, 3.05) is 0 Å². The van der Waals surface area contributed by atoms with Crippen LogP contribution in [0.1, 0.15) is 39.0 Å². The highest BCUT2D eigenvalue weighted by Gasteiger charge is 2.25. The molecular weight excluding hydrogens is 180 g/mol. The minimum absolute atomic E-state index is 0.0890. The summed E-state index contributed by atoms with van der Waals surface area (Å²) in [4.78, 5) is 11.4. The van der Waals surface area contributed by atoms with Crippen molar-refractivity contribution >= 4 is 5.91 Å². The van der Waals surface area contributed by atoms with E-state index in [0.717, 1.165) is 25.7 Å². The third-order valence-corrected chi connectivity index (χ3v) is 2.83. The van der Waals surface area contributed by atoms with Gasteiger partial charge in [0.1, 0.15) is 0 Å². The van der Waals surface area contributed by atoms with E-state index >= 15 is 0 Å². The van der Waals surface area contributed by atoms with Crippen molar-refractivity contribution in [2.45, 2.75) is 57.2 Å². The molecular formula is C10H20N2O2. The summed E-state index contributed by atoms with van der Waals surface area (Å²) in [5, 5.41) is 12.4. The van der Waals surface area contributed by atoms with Crippen LogP contribution in [0.4, 0.5) is 0 Å². The van der Waals surface area contributed by atoms with Gasteiger partial charge in [-0.2, -0.15) is 0 Å². The second kappa shape index (κ2) is 5.32. The Bertz CT molecular complexity index is 197. The fraction of sp³-hybridized carbons (Fsp3) is 0.900. The summed E-state index contributed by atoms with van der Waals surface area (Å²) in [6.07, 6.45) is 4.01. The number of aliphatic hydroxyl groups excluding tert-OH is 1. The normalized spacial score (nSPS) is 29.6. The molecule has 0 unspecified atom stereocenters. The minimum atomic E-state index is -0.441. The Balaban J connectivity index is 2.38. The number of nitrogens with one attached hydrogen (secondary N) is 1. The number of rotatable bonds is 3. The molecule has 0 saturated heterocycles. The van der Waals surface area contributed by atoms with Crippen LogP contribution >= 0.6 is 0 Å². The Morgan fingerprint density at radius 2 is 2.21 bits per heavy atom. The van der Waals surface area contributed by atoms with E-state index in [9.17, 15) is 9.90 Å². The first-order chi connectivity index (χ1) is 6.65. The molecule has 4 N–H and O–H groups in total. The Morgan fingerprint density at radius 1 is 1.57 bits per heavy atom. The first-order valence-corrected chi connectivity index (χ1v) is 5.39. The van der Waals surface area contributed by atoms with Crippen LogP contribution in [0.15, 0.2) is 0 Å². The summed E-state index contributed by atoms with van der Waals surface area (Å²) in [5.41, 5.74) is 5.59. The molecule has 0 aliphatic heterocycles. The lowest BCUT2D eigenvalue weighted by atomic mass is 9.92. The van der Waals surface area contributed by atoms with Gasteiger partial charge >= 0.3 is 0 Å². The van der Waals surface area contributed by atoms with Gasteiger partial charge in [0, 0.05) is 0 Å². The number of amides is 1. The molecule has 4 nitrogen and oxygen atoms in total. The first-order valence-electron chi connectivity index (χ1n) is 5.39. The number of hydrogen-bond acceptors (Lipinski definition) is 3. The first kappa shape index (κ1) is 11.5. The summed E-state index contributed by atoms with van der Waals surface area (Å²) in [7, 11) is 0. The molecule has 1 aliphatic carbocycles. The molecule has 0 aromatic carbocycles. The zero-order valence-corrected chi connectivity index (χ0v) is 8.70. The lowest BCUT2D eigenvalue weighted by Gasteiger charge is -2.29. The molecule has 1 amide bonds. The molecule has 1 saturated carbocycles. The van der Waals surface area contributed by atoms with Gasteiger partial charge < -0.3 is 16.2 Å². The highest BCUT2D eigenvalue weighted by Crippen LogP contribution is 2.18. The van der Waals surface area contributed by atoms with Crippen LogP contribution in [0.3, 0.4) is 0 Å². The number of hydrogen-bond donors (Lipinski definition) is 3. The van der Waals surface area contributed by atoms with Crippen LogP contribution < -0.4 is 11.1 Å². The molecule has 0 heterocycles. The average Bonchev–Trinajstić information content (AvgIpc) is 2.20. The monoisotopic (exact) mass is 200 g/mol. The Hall–Kier alpha value is -0.610. The van der Waals surface area contributed by atoms with Crippen LogP contribution in [0, 0.1) is 0 Å². The molecule has 4 heteroatoms. The van der Waals surface area contributed by atoms with Crippen LogP contribution in [-0.2, 0) is 4.79 Å². The fourth-order valence-corrected chi connectivity index (χ4v) is 1.75. The fourth-order valence-electron chi connectivity index (χ4n) is 1.75.